The lowest BCUT2D eigenvalue weighted by Gasteiger charge is -2.31. The normalized spacial score (nSPS) is 23.1. The average molecular weight is 265 g/mol. The maximum atomic E-state index is 11.3. The molecule has 0 saturated heterocycles. The van der Waals surface area contributed by atoms with Gasteiger partial charge in [0.05, 0.1) is 11.9 Å². The van der Waals surface area contributed by atoms with Crippen molar-refractivity contribution >= 4 is 11.6 Å². The number of hydrogen-bond donors (Lipinski definition) is 3. The van der Waals surface area contributed by atoms with Crippen molar-refractivity contribution in [2.24, 2.45) is 11.7 Å². The maximum absolute atomic E-state index is 11.3. The molecule has 1 heterocycles. The van der Waals surface area contributed by atoms with E-state index < -0.39 is 0 Å². The van der Waals surface area contributed by atoms with Crippen molar-refractivity contribution in [2.45, 2.75) is 38.3 Å². The highest BCUT2D eigenvalue weighted by Gasteiger charge is 2.23. The molecular formula is C13H23N5O. The van der Waals surface area contributed by atoms with Gasteiger partial charge in [0.15, 0.2) is 0 Å². The predicted octanol–water partition coefficient (Wildman–Crippen LogP) is 0.558. The Bertz CT molecular complexity index is 417. The highest BCUT2D eigenvalue weighted by Crippen LogP contribution is 2.26. The van der Waals surface area contributed by atoms with E-state index in [4.69, 9.17) is 5.73 Å². The lowest BCUT2D eigenvalue weighted by atomic mass is 9.84. The lowest BCUT2D eigenvalue weighted by molar-refractivity contribution is -0.121. The zero-order chi connectivity index (χ0) is 13.7. The van der Waals surface area contributed by atoms with Crippen LogP contribution in [-0.2, 0) is 11.3 Å². The van der Waals surface area contributed by atoms with Gasteiger partial charge in [0, 0.05) is 19.3 Å². The minimum atomic E-state index is -0.0489. The van der Waals surface area contributed by atoms with E-state index in [0.717, 1.165) is 18.7 Å². The molecule has 6 heteroatoms. The Hall–Kier alpha value is -1.56. The third kappa shape index (κ3) is 3.70. The van der Waals surface area contributed by atoms with Crippen molar-refractivity contribution < 1.29 is 4.79 Å². The molecule has 1 saturated carbocycles. The van der Waals surface area contributed by atoms with Gasteiger partial charge in [0.2, 0.25) is 5.91 Å². The zero-order valence-corrected chi connectivity index (χ0v) is 11.4. The quantitative estimate of drug-likeness (QED) is 0.726. The number of nitrogens with two attached hydrogens (primary N) is 1. The number of carbonyl (C=O) groups is 1. The molecule has 1 fully saturated rings. The van der Waals surface area contributed by atoms with E-state index in [-0.39, 0.29) is 12.5 Å². The van der Waals surface area contributed by atoms with E-state index >= 15 is 0 Å². The standard InChI is InChI=1S/C13H23N5O/c1-15-13(19)9-18-8-11(7-16-18)17-12-5-3-2-4-10(12)6-14/h7-8,10,12,17H,2-6,9,14H2,1H3,(H,15,19). The van der Waals surface area contributed by atoms with Crippen LogP contribution in [0.4, 0.5) is 5.69 Å². The largest absolute Gasteiger partial charge is 0.379 e. The van der Waals surface area contributed by atoms with Gasteiger partial charge >= 0.3 is 0 Å². The van der Waals surface area contributed by atoms with Crippen LogP contribution in [0.15, 0.2) is 12.4 Å². The van der Waals surface area contributed by atoms with Crippen molar-refractivity contribution in [3.63, 3.8) is 0 Å². The Kier molecular flexibility index (Phi) is 4.79. The van der Waals surface area contributed by atoms with Crippen LogP contribution in [0, 0.1) is 5.92 Å². The second-order valence-electron chi connectivity index (χ2n) is 5.13. The summed E-state index contributed by atoms with van der Waals surface area (Å²) in [6.45, 7) is 0.979. The molecule has 2 rings (SSSR count). The minimum absolute atomic E-state index is 0.0489. The average Bonchev–Trinajstić information content (AvgIpc) is 2.86. The van der Waals surface area contributed by atoms with Crippen LogP contribution in [0.25, 0.3) is 0 Å². The maximum Gasteiger partial charge on any atom is 0.241 e. The summed E-state index contributed by atoms with van der Waals surface area (Å²) in [6, 6.07) is 0.427. The van der Waals surface area contributed by atoms with Gasteiger partial charge < -0.3 is 16.4 Å². The molecule has 0 aliphatic heterocycles. The molecule has 1 aromatic rings. The minimum Gasteiger partial charge on any atom is -0.379 e. The highest BCUT2D eigenvalue weighted by molar-refractivity contribution is 5.75. The number of nitrogens with one attached hydrogen (secondary N) is 2. The van der Waals surface area contributed by atoms with Gasteiger partial charge in [-0.2, -0.15) is 5.10 Å². The molecule has 106 valence electrons. The SMILES string of the molecule is CNC(=O)Cn1cc(NC2CCCCC2CN)cn1. The Morgan fingerprint density at radius 2 is 2.32 bits per heavy atom. The van der Waals surface area contributed by atoms with Crippen molar-refractivity contribution in [3.8, 4) is 0 Å². The van der Waals surface area contributed by atoms with Crippen LogP contribution >= 0.6 is 0 Å². The van der Waals surface area contributed by atoms with Gasteiger partial charge in [-0.05, 0) is 25.3 Å². The van der Waals surface area contributed by atoms with Gasteiger partial charge in [-0.25, -0.2) is 0 Å². The summed E-state index contributed by atoms with van der Waals surface area (Å²) in [6.07, 6.45) is 8.52. The number of nitrogens with zero attached hydrogens (tertiary/aromatic N) is 2. The second-order valence-corrected chi connectivity index (χ2v) is 5.13. The number of likely N-dealkylation sites (N-methyl/N-ethyl adjacent to an activating group) is 1. The third-order valence-electron chi connectivity index (χ3n) is 3.78. The van der Waals surface area contributed by atoms with Gasteiger partial charge in [-0.3, -0.25) is 9.48 Å². The van der Waals surface area contributed by atoms with Gasteiger partial charge in [0.1, 0.15) is 6.54 Å². The molecule has 1 aliphatic rings. The molecule has 19 heavy (non-hydrogen) atoms. The Balaban J connectivity index is 1.93. The summed E-state index contributed by atoms with van der Waals surface area (Å²) in [4.78, 5) is 11.3. The van der Waals surface area contributed by atoms with Gasteiger partial charge in [0.25, 0.3) is 0 Å². The van der Waals surface area contributed by atoms with E-state index in [2.05, 4.69) is 15.7 Å². The predicted molar refractivity (Wildman–Crippen MR) is 74.7 cm³/mol. The Morgan fingerprint density at radius 1 is 1.53 bits per heavy atom. The summed E-state index contributed by atoms with van der Waals surface area (Å²) in [7, 11) is 1.62. The number of carbonyl (C=O) groups excluding carboxylic acids is 1. The van der Waals surface area contributed by atoms with Crippen LogP contribution in [0.5, 0.6) is 0 Å². The first-order valence-electron chi connectivity index (χ1n) is 6.92. The Labute approximate surface area is 113 Å². The van der Waals surface area contributed by atoms with Crippen molar-refractivity contribution in [1.29, 1.82) is 0 Å². The van der Waals surface area contributed by atoms with E-state index in [1.54, 1.807) is 17.9 Å². The van der Waals surface area contributed by atoms with Crippen LogP contribution in [0.1, 0.15) is 25.7 Å². The van der Waals surface area contributed by atoms with Crippen molar-refractivity contribution in [2.75, 3.05) is 18.9 Å². The number of hydrogen-bond acceptors (Lipinski definition) is 4. The molecule has 1 amide bonds. The molecule has 0 radical (unpaired) electrons. The first kappa shape index (κ1) is 13.9. The summed E-state index contributed by atoms with van der Waals surface area (Å²) < 4.78 is 1.64. The number of aromatic nitrogens is 2. The molecule has 0 spiro atoms. The molecular weight excluding hydrogens is 242 g/mol. The topological polar surface area (TPSA) is 85.0 Å². The van der Waals surface area contributed by atoms with E-state index in [1.807, 2.05) is 6.20 Å². The van der Waals surface area contributed by atoms with Crippen molar-refractivity contribution in [3.05, 3.63) is 12.4 Å². The molecule has 4 N–H and O–H groups in total. The van der Waals surface area contributed by atoms with Crippen LogP contribution in [-0.4, -0.2) is 35.3 Å². The van der Waals surface area contributed by atoms with E-state index in [0.29, 0.717) is 12.0 Å². The molecule has 0 aromatic carbocycles. The fraction of sp³-hybridized carbons (Fsp3) is 0.692. The Morgan fingerprint density at radius 3 is 3.05 bits per heavy atom. The second kappa shape index (κ2) is 6.56. The fourth-order valence-electron chi connectivity index (χ4n) is 2.64. The molecule has 1 aromatic heterocycles. The monoisotopic (exact) mass is 265 g/mol. The van der Waals surface area contributed by atoms with E-state index in [1.165, 1.54) is 19.3 Å². The van der Waals surface area contributed by atoms with Gasteiger partial charge in [-0.15, -0.1) is 0 Å². The summed E-state index contributed by atoms with van der Waals surface area (Å²) >= 11 is 0. The number of rotatable bonds is 5. The fourth-order valence-corrected chi connectivity index (χ4v) is 2.64. The molecule has 0 bridgehead atoms. The lowest BCUT2D eigenvalue weighted by Crippen LogP contribution is -2.36. The smallest absolute Gasteiger partial charge is 0.241 e. The van der Waals surface area contributed by atoms with Gasteiger partial charge in [-0.1, -0.05) is 12.8 Å². The molecule has 2 unspecified atom stereocenters. The summed E-state index contributed by atoms with van der Waals surface area (Å²) in [5, 5.41) is 10.3. The van der Waals surface area contributed by atoms with Crippen LogP contribution in [0.3, 0.4) is 0 Å². The molecule has 6 nitrogen and oxygen atoms in total. The summed E-state index contributed by atoms with van der Waals surface area (Å²) in [5.41, 5.74) is 6.79. The molecule has 2 atom stereocenters. The third-order valence-corrected chi connectivity index (χ3v) is 3.78. The first-order chi connectivity index (χ1) is 9.22. The summed E-state index contributed by atoms with van der Waals surface area (Å²) in [5.74, 6) is 0.489. The number of amides is 1. The molecule has 1 aliphatic carbocycles. The van der Waals surface area contributed by atoms with Crippen molar-refractivity contribution in [1.82, 2.24) is 15.1 Å². The zero-order valence-electron chi connectivity index (χ0n) is 11.4. The highest BCUT2D eigenvalue weighted by atomic mass is 16.1. The van der Waals surface area contributed by atoms with Crippen LogP contribution < -0.4 is 16.4 Å². The first-order valence-corrected chi connectivity index (χ1v) is 6.92. The van der Waals surface area contributed by atoms with Crippen LogP contribution in [0.2, 0.25) is 0 Å². The van der Waals surface area contributed by atoms with E-state index in [9.17, 15) is 4.79 Å². The number of anilines is 1.